The largest absolute Gasteiger partial charge is 0.459 e. The molecule has 0 saturated carbocycles. The van der Waals surface area contributed by atoms with Gasteiger partial charge in [0.15, 0.2) is 0 Å². The monoisotopic (exact) mass is 494 g/mol. The molecule has 2 N–H and O–H groups in total. The molecular weight excluding hydrogens is 468 g/mol. The number of amides is 2. The first-order valence-corrected chi connectivity index (χ1v) is 11.5. The van der Waals surface area contributed by atoms with Crippen molar-refractivity contribution in [1.82, 2.24) is 5.32 Å². The third-order valence-electron chi connectivity index (χ3n) is 5.15. The van der Waals surface area contributed by atoms with Crippen LogP contribution in [0.4, 0.5) is 10.5 Å². The molecule has 0 aromatic heterocycles. The van der Waals surface area contributed by atoms with Gasteiger partial charge >= 0.3 is 12.1 Å². The summed E-state index contributed by atoms with van der Waals surface area (Å²) in [5, 5.41) is 5.81. The van der Waals surface area contributed by atoms with E-state index in [0.29, 0.717) is 10.7 Å². The third-order valence-corrected chi connectivity index (χ3v) is 5.38. The van der Waals surface area contributed by atoms with Gasteiger partial charge in [-0.15, -0.1) is 0 Å². The van der Waals surface area contributed by atoms with E-state index in [1.165, 1.54) is 0 Å². The summed E-state index contributed by atoms with van der Waals surface area (Å²) < 4.78 is 10.6. The number of esters is 1. The minimum absolute atomic E-state index is 0.0273. The average molecular weight is 495 g/mol. The summed E-state index contributed by atoms with van der Waals surface area (Å²) in [6.45, 7) is 1.94. The molecule has 0 fully saturated rings. The first kappa shape index (κ1) is 25.8. The van der Waals surface area contributed by atoms with Crippen molar-refractivity contribution < 1.29 is 23.9 Å². The van der Waals surface area contributed by atoms with E-state index < -0.39 is 18.1 Å². The Morgan fingerprint density at radius 1 is 0.857 bits per heavy atom. The number of carbonyl (C=O) groups is 3. The van der Waals surface area contributed by atoms with E-state index in [1.54, 1.807) is 18.2 Å². The number of carbonyl (C=O) groups excluding carboxylic acids is 3. The van der Waals surface area contributed by atoms with Gasteiger partial charge in [0.25, 0.3) is 0 Å². The second-order valence-corrected chi connectivity index (χ2v) is 8.33. The number of ether oxygens (including phenoxy) is 2. The molecule has 35 heavy (non-hydrogen) atoms. The summed E-state index contributed by atoms with van der Waals surface area (Å²) in [6, 6.07) is 22.5. The fraction of sp³-hybridized carbons (Fsp3) is 0.222. The quantitative estimate of drug-likeness (QED) is 0.368. The number of hydrogen-bond acceptors (Lipinski definition) is 5. The highest BCUT2D eigenvalue weighted by Crippen LogP contribution is 2.20. The predicted molar refractivity (Wildman–Crippen MR) is 134 cm³/mol. The summed E-state index contributed by atoms with van der Waals surface area (Å²) in [5.74, 6) is -0.979. The van der Waals surface area contributed by atoms with Crippen molar-refractivity contribution in [3.8, 4) is 0 Å². The maximum Gasteiger partial charge on any atom is 0.408 e. The Kier molecular flexibility index (Phi) is 9.69. The van der Waals surface area contributed by atoms with Crippen LogP contribution in [-0.2, 0) is 32.3 Å². The van der Waals surface area contributed by atoms with Gasteiger partial charge in [0.05, 0.1) is 0 Å². The lowest BCUT2D eigenvalue weighted by atomic mass is 10.1. The van der Waals surface area contributed by atoms with E-state index >= 15 is 0 Å². The lowest BCUT2D eigenvalue weighted by molar-refractivity contribution is -0.147. The molecule has 8 heteroatoms. The van der Waals surface area contributed by atoms with Crippen LogP contribution in [0.5, 0.6) is 0 Å². The molecule has 2 amide bonds. The Labute approximate surface area is 209 Å². The molecule has 0 aliphatic carbocycles. The molecule has 3 rings (SSSR count). The number of aryl methyl sites for hydroxylation is 1. The van der Waals surface area contributed by atoms with Crippen LogP contribution >= 0.6 is 11.6 Å². The molecule has 182 valence electrons. The zero-order valence-electron chi connectivity index (χ0n) is 19.3. The highest BCUT2D eigenvalue weighted by molar-refractivity contribution is 6.31. The molecule has 0 spiro atoms. The molecule has 0 aliphatic heterocycles. The van der Waals surface area contributed by atoms with Crippen LogP contribution in [-0.4, -0.2) is 24.0 Å². The highest BCUT2D eigenvalue weighted by Gasteiger charge is 2.24. The van der Waals surface area contributed by atoms with E-state index in [9.17, 15) is 14.4 Å². The van der Waals surface area contributed by atoms with Crippen molar-refractivity contribution in [2.24, 2.45) is 0 Å². The smallest absolute Gasteiger partial charge is 0.408 e. The summed E-state index contributed by atoms with van der Waals surface area (Å²) in [6.07, 6.45) is -0.781. The van der Waals surface area contributed by atoms with Crippen LogP contribution in [0.15, 0.2) is 78.9 Å². The molecule has 7 nitrogen and oxygen atoms in total. The van der Waals surface area contributed by atoms with Crippen LogP contribution < -0.4 is 10.6 Å². The number of hydrogen-bond donors (Lipinski definition) is 2. The van der Waals surface area contributed by atoms with Gasteiger partial charge in [0.1, 0.15) is 19.3 Å². The summed E-state index contributed by atoms with van der Waals surface area (Å²) in [7, 11) is 0. The first-order valence-electron chi connectivity index (χ1n) is 11.1. The first-order chi connectivity index (χ1) is 16.9. The van der Waals surface area contributed by atoms with Gasteiger partial charge in [-0.1, -0.05) is 78.3 Å². The third kappa shape index (κ3) is 8.79. The Hall–Kier alpha value is -3.84. The Morgan fingerprint density at radius 2 is 1.46 bits per heavy atom. The van der Waals surface area contributed by atoms with Crippen LogP contribution in [0.3, 0.4) is 0 Å². The van der Waals surface area contributed by atoms with Crippen molar-refractivity contribution in [1.29, 1.82) is 0 Å². The average Bonchev–Trinajstić information content (AvgIpc) is 2.87. The zero-order valence-corrected chi connectivity index (χ0v) is 20.1. The zero-order chi connectivity index (χ0) is 25.0. The molecule has 0 unspecified atom stereocenters. The molecule has 3 aromatic carbocycles. The number of alkyl carbamates (subject to hydrolysis) is 1. The fourth-order valence-electron chi connectivity index (χ4n) is 3.20. The second kappa shape index (κ2) is 13.2. The Morgan fingerprint density at radius 3 is 2.09 bits per heavy atom. The van der Waals surface area contributed by atoms with Crippen LogP contribution in [0.25, 0.3) is 0 Å². The van der Waals surface area contributed by atoms with E-state index in [0.717, 1.165) is 16.7 Å². The van der Waals surface area contributed by atoms with Gasteiger partial charge in [-0.05, 0) is 42.2 Å². The molecule has 0 heterocycles. The standard InChI is InChI=1S/C27H27ClN2O5/c1-19-12-13-22(28)16-24(19)29-25(31)15-14-23(26(32)34-17-20-8-4-2-5-9-20)30-27(33)35-18-21-10-6-3-7-11-21/h2-13,16,23H,14-15,17-18H2,1H3,(H,29,31)(H,30,33)/t23-/m0/s1. The topological polar surface area (TPSA) is 93.7 Å². The molecule has 3 aromatic rings. The summed E-state index contributed by atoms with van der Waals surface area (Å²) >= 11 is 6.01. The lowest BCUT2D eigenvalue weighted by Gasteiger charge is -2.18. The maximum atomic E-state index is 12.8. The van der Waals surface area contributed by atoms with E-state index in [2.05, 4.69) is 10.6 Å². The van der Waals surface area contributed by atoms with Crippen molar-refractivity contribution in [3.05, 3.63) is 101 Å². The van der Waals surface area contributed by atoms with Crippen LogP contribution in [0.2, 0.25) is 5.02 Å². The molecule has 0 bridgehead atoms. The van der Waals surface area contributed by atoms with Crippen molar-refractivity contribution in [2.45, 2.75) is 39.0 Å². The van der Waals surface area contributed by atoms with Crippen molar-refractivity contribution in [2.75, 3.05) is 5.32 Å². The van der Waals surface area contributed by atoms with Crippen molar-refractivity contribution >= 4 is 35.3 Å². The Bertz CT molecular complexity index is 1140. The highest BCUT2D eigenvalue weighted by atomic mass is 35.5. The molecule has 1 atom stereocenters. The van der Waals surface area contributed by atoms with Crippen LogP contribution in [0.1, 0.15) is 29.5 Å². The van der Waals surface area contributed by atoms with E-state index in [1.807, 2.05) is 67.6 Å². The number of rotatable bonds is 10. The number of benzene rings is 3. The molecule has 0 radical (unpaired) electrons. The number of anilines is 1. The SMILES string of the molecule is Cc1ccc(Cl)cc1NC(=O)CC[C@H](NC(=O)OCc1ccccc1)C(=O)OCc1ccccc1. The molecule has 0 aliphatic rings. The molecular formula is C27H27ClN2O5. The van der Waals surface area contributed by atoms with Gasteiger partial charge in [-0.25, -0.2) is 9.59 Å². The van der Waals surface area contributed by atoms with E-state index in [-0.39, 0.29) is 32.0 Å². The van der Waals surface area contributed by atoms with Crippen molar-refractivity contribution in [3.63, 3.8) is 0 Å². The second-order valence-electron chi connectivity index (χ2n) is 7.90. The predicted octanol–water partition coefficient (Wildman–Crippen LogP) is 5.41. The fourth-order valence-corrected chi connectivity index (χ4v) is 3.37. The van der Waals surface area contributed by atoms with Crippen LogP contribution in [0, 0.1) is 6.92 Å². The van der Waals surface area contributed by atoms with Gasteiger partial charge in [-0.3, -0.25) is 4.79 Å². The Balaban J connectivity index is 1.59. The minimum Gasteiger partial charge on any atom is -0.459 e. The normalized spacial score (nSPS) is 11.3. The van der Waals surface area contributed by atoms with E-state index in [4.69, 9.17) is 21.1 Å². The lowest BCUT2D eigenvalue weighted by Crippen LogP contribution is -2.42. The van der Waals surface area contributed by atoms with Gasteiger partial charge in [-0.2, -0.15) is 0 Å². The molecule has 0 saturated heterocycles. The maximum absolute atomic E-state index is 12.8. The van der Waals surface area contributed by atoms with Gasteiger partial charge in [0, 0.05) is 17.1 Å². The summed E-state index contributed by atoms with van der Waals surface area (Å²) in [5.41, 5.74) is 3.05. The van der Waals surface area contributed by atoms with Gasteiger partial charge in [0.2, 0.25) is 5.91 Å². The minimum atomic E-state index is -1.06. The number of halogens is 1. The van der Waals surface area contributed by atoms with Gasteiger partial charge < -0.3 is 20.1 Å². The summed E-state index contributed by atoms with van der Waals surface area (Å²) in [4.78, 5) is 37.6. The number of nitrogens with one attached hydrogen (secondary N) is 2.